The molecule has 162 valence electrons. The number of para-hydroxylation sites is 1. The van der Waals surface area contributed by atoms with Gasteiger partial charge in [0.15, 0.2) is 0 Å². The highest BCUT2D eigenvalue weighted by molar-refractivity contribution is 5.90. The van der Waals surface area contributed by atoms with Crippen molar-refractivity contribution in [1.29, 1.82) is 0 Å². The number of hydrogen-bond acceptors (Lipinski definition) is 5. The van der Waals surface area contributed by atoms with Crippen LogP contribution in [0, 0.1) is 5.82 Å². The lowest BCUT2D eigenvalue weighted by molar-refractivity contribution is -0.153. The zero-order chi connectivity index (χ0) is 21.1. The van der Waals surface area contributed by atoms with E-state index in [2.05, 4.69) is 20.6 Å². The third-order valence-electron chi connectivity index (χ3n) is 4.34. The van der Waals surface area contributed by atoms with E-state index >= 15 is 0 Å². The molecule has 0 unspecified atom stereocenters. The van der Waals surface area contributed by atoms with Gasteiger partial charge in [-0.15, -0.1) is 12.4 Å². The van der Waals surface area contributed by atoms with Gasteiger partial charge in [0, 0.05) is 11.9 Å². The molecular weight excluding hydrogens is 436 g/mol. The minimum atomic E-state index is -4.53. The maximum atomic E-state index is 13.0. The van der Waals surface area contributed by atoms with Crippen molar-refractivity contribution in [3.8, 4) is 0 Å². The van der Waals surface area contributed by atoms with Crippen LogP contribution in [0.25, 0.3) is 10.9 Å². The van der Waals surface area contributed by atoms with E-state index in [1.165, 1.54) is 18.2 Å². The van der Waals surface area contributed by atoms with Crippen molar-refractivity contribution in [2.75, 3.05) is 10.6 Å². The van der Waals surface area contributed by atoms with Gasteiger partial charge < -0.3 is 15.1 Å². The Morgan fingerprint density at radius 3 is 2.29 bits per heavy atom. The standard InChI is InChI=1S/C21H16F4N4O.ClH/c22-14-7-5-13(6-8-14)11-27-20-28-17-4-2-1-3-16(17)19(29-20)26-12-15-9-10-18(30-15)21(23,24)25;/h1-10H,11-12H2,(H2,26,27,28,29);1H. The smallest absolute Gasteiger partial charge is 0.449 e. The molecule has 2 aromatic carbocycles. The number of fused-ring (bicyclic) bond motifs is 1. The van der Waals surface area contributed by atoms with E-state index in [0.717, 1.165) is 11.6 Å². The van der Waals surface area contributed by atoms with Crippen molar-refractivity contribution in [1.82, 2.24) is 9.97 Å². The predicted molar refractivity (Wildman–Crippen MR) is 112 cm³/mol. The number of nitrogens with one attached hydrogen (secondary N) is 2. The summed E-state index contributed by atoms with van der Waals surface area (Å²) in [5.74, 6) is -0.457. The van der Waals surface area contributed by atoms with Crippen LogP contribution in [0.1, 0.15) is 17.1 Å². The number of furan rings is 1. The van der Waals surface area contributed by atoms with Crippen molar-refractivity contribution in [2.24, 2.45) is 0 Å². The highest BCUT2D eigenvalue weighted by Gasteiger charge is 2.34. The molecule has 0 saturated carbocycles. The molecule has 0 aliphatic heterocycles. The van der Waals surface area contributed by atoms with Crippen molar-refractivity contribution in [2.45, 2.75) is 19.3 Å². The van der Waals surface area contributed by atoms with Gasteiger partial charge in [-0.05, 0) is 42.0 Å². The number of halogens is 5. The summed E-state index contributed by atoms with van der Waals surface area (Å²) < 4.78 is 56.0. The first-order chi connectivity index (χ1) is 14.4. The Kier molecular flexibility index (Phi) is 6.65. The average Bonchev–Trinajstić information content (AvgIpc) is 3.21. The first kappa shape index (κ1) is 22.4. The first-order valence-corrected chi connectivity index (χ1v) is 9.03. The minimum Gasteiger partial charge on any atom is -0.455 e. The molecule has 0 fully saturated rings. The molecule has 0 aliphatic rings. The fourth-order valence-electron chi connectivity index (χ4n) is 2.87. The second-order valence-electron chi connectivity index (χ2n) is 6.51. The van der Waals surface area contributed by atoms with E-state index in [9.17, 15) is 17.6 Å². The number of rotatable bonds is 6. The fraction of sp³-hybridized carbons (Fsp3) is 0.143. The number of hydrogen-bond donors (Lipinski definition) is 2. The first-order valence-electron chi connectivity index (χ1n) is 9.03. The summed E-state index contributed by atoms with van der Waals surface area (Å²) in [5, 5.41) is 6.81. The number of anilines is 2. The summed E-state index contributed by atoms with van der Waals surface area (Å²) in [6.45, 7) is 0.402. The lowest BCUT2D eigenvalue weighted by atomic mass is 10.2. The van der Waals surface area contributed by atoms with E-state index in [4.69, 9.17) is 4.42 Å². The molecule has 10 heteroatoms. The van der Waals surface area contributed by atoms with Gasteiger partial charge in [0.1, 0.15) is 17.4 Å². The lowest BCUT2D eigenvalue weighted by Gasteiger charge is -2.11. The molecule has 2 aromatic heterocycles. The Labute approximate surface area is 180 Å². The zero-order valence-corrected chi connectivity index (χ0v) is 16.7. The van der Waals surface area contributed by atoms with Crippen molar-refractivity contribution in [3.63, 3.8) is 0 Å². The van der Waals surface area contributed by atoms with Gasteiger partial charge >= 0.3 is 6.18 Å². The summed E-state index contributed by atoms with van der Waals surface area (Å²) >= 11 is 0. The SMILES string of the molecule is Cl.Fc1ccc(CNc2nc(NCc3ccc(C(F)(F)F)o3)c3ccccc3n2)cc1. The van der Waals surface area contributed by atoms with Gasteiger partial charge in [-0.1, -0.05) is 24.3 Å². The van der Waals surface area contributed by atoms with Crippen LogP contribution in [-0.2, 0) is 19.3 Å². The Balaban J connectivity index is 0.00000272. The second kappa shape index (κ2) is 9.22. The van der Waals surface area contributed by atoms with Crippen LogP contribution in [-0.4, -0.2) is 9.97 Å². The van der Waals surface area contributed by atoms with Gasteiger partial charge in [0.05, 0.1) is 12.1 Å². The lowest BCUT2D eigenvalue weighted by Crippen LogP contribution is -2.08. The van der Waals surface area contributed by atoms with Crippen LogP contribution < -0.4 is 10.6 Å². The number of alkyl halides is 3. The molecule has 4 aromatic rings. The van der Waals surface area contributed by atoms with Gasteiger partial charge in [-0.3, -0.25) is 0 Å². The second-order valence-corrected chi connectivity index (χ2v) is 6.51. The Morgan fingerprint density at radius 2 is 1.58 bits per heavy atom. The van der Waals surface area contributed by atoms with Crippen molar-refractivity contribution < 1.29 is 22.0 Å². The molecule has 0 aliphatic carbocycles. The molecule has 4 rings (SSSR count). The summed E-state index contributed by atoms with van der Waals surface area (Å²) in [6.07, 6.45) is -4.53. The molecule has 0 bridgehead atoms. The average molecular weight is 453 g/mol. The monoisotopic (exact) mass is 452 g/mol. The molecular formula is C21H17ClF4N4O. The summed E-state index contributed by atoms with van der Waals surface area (Å²) in [5.41, 5.74) is 1.50. The molecule has 2 N–H and O–H groups in total. The molecule has 5 nitrogen and oxygen atoms in total. The maximum absolute atomic E-state index is 13.0. The van der Waals surface area contributed by atoms with Crippen molar-refractivity contribution in [3.05, 3.63) is 83.6 Å². The normalized spacial score (nSPS) is 11.2. The van der Waals surface area contributed by atoms with Crippen LogP contribution in [0.2, 0.25) is 0 Å². The maximum Gasteiger partial charge on any atom is 0.449 e. The summed E-state index contributed by atoms with van der Waals surface area (Å²) in [4.78, 5) is 8.88. The molecule has 0 saturated heterocycles. The molecule has 31 heavy (non-hydrogen) atoms. The highest BCUT2D eigenvalue weighted by Crippen LogP contribution is 2.31. The summed E-state index contributed by atoms with van der Waals surface area (Å²) in [7, 11) is 0. The minimum absolute atomic E-state index is 0. The van der Waals surface area contributed by atoms with Gasteiger partial charge in [-0.2, -0.15) is 18.2 Å². The molecule has 0 atom stereocenters. The fourth-order valence-corrected chi connectivity index (χ4v) is 2.87. The van der Waals surface area contributed by atoms with E-state index in [0.29, 0.717) is 29.2 Å². The zero-order valence-electron chi connectivity index (χ0n) is 15.9. The van der Waals surface area contributed by atoms with Crippen LogP contribution in [0.3, 0.4) is 0 Å². The van der Waals surface area contributed by atoms with E-state index in [1.807, 2.05) is 18.2 Å². The van der Waals surface area contributed by atoms with Crippen LogP contribution in [0.5, 0.6) is 0 Å². The number of nitrogens with zero attached hydrogens (tertiary/aromatic N) is 2. The van der Waals surface area contributed by atoms with E-state index in [1.54, 1.807) is 18.2 Å². The van der Waals surface area contributed by atoms with E-state index < -0.39 is 11.9 Å². The van der Waals surface area contributed by atoms with Gasteiger partial charge in [0.2, 0.25) is 11.7 Å². The van der Waals surface area contributed by atoms with Crippen molar-refractivity contribution >= 4 is 35.1 Å². The largest absolute Gasteiger partial charge is 0.455 e. The van der Waals surface area contributed by atoms with Crippen LogP contribution in [0.15, 0.2) is 65.1 Å². The summed E-state index contributed by atoms with van der Waals surface area (Å²) in [6, 6.07) is 15.5. The third-order valence-corrected chi connectivity index (χ3v) is 4.34. The predicted octanol–water partition coefficient (Wildman–Crippen LogP) is 6.03. The van der Waals surface area contributed by atoms with Crippen LogP contribution >= 0.6 is 12.4 Å². The molecule has 0 spiro atoms. The molecule has 0 radical (unpaired) electrons. The van der Waals surface area contributed by atoms with Crippen LogP contribution in [0.4, 0.5) is 29.3 Å². The number of aromatic nitrogens is 2. The topological polar surface area (TPSA) is 63.0 Å². The quantitative estimate of drug-likeness (QED) is 0.350. The Hall–Kier alpha value is -3.33. The molecule has 0 amide bonds. The molecule has 2 heterocycles. The number of benzene rings is 2. The highest BCUT2D eigenvalue weighted by atomic mass is 35.5. The van der Waals surface area contributed by atoms with Gasteiger partial charge in [0.25, 0.3) is 0 Å². The van der Waals surface area contributed by atoms with E-state index in [-0.39, 0.29) is 30.5 Å². The Bertz CT molecular complexity index is 1160. The van der Waals surface area contributed by atoms with Gasteiger partial charge in [-0.25, -0.2) is 9.37 Å². The third kappa shape index (κ3) is 5.43. The Morgan fingerprint density at radius 1 is 0.839 bits per heavy atom.